The van der Waals surface area contributed by atoms with Crippen LogP contribution in [0, 0.1) is 6.92 Å². The molecule has 0 saturated carbocycles. The lowest BCUT2D eigenvalue weighted by molar-refractivity contribution is -0.141. The zero-order valence-electron chi connectivity index (χ0n) is 9.82. The molecule has 1 rings (SSSR count). The molecular weight excluding hydrogens is 228 g/mol. The summed E-state index contributed by atoms with van der Waals surface area (Å²) in [5.41, 5.74) is 1.52. The third-order valence-electron chi connectivity index (χ3n) is 1.93. The molecule has 16 heavy (non-hydrogen) atoms. The number of aromatic nitrogens is 2. The zero-order chi connectivity index (χ0) is 12.3. The van der Waals surface area contributed by atoms with Gasteiger partial charge in [-0.25, -0.2) is 4.79 Å². The molecule has 5 heteroatoms. The fourth-order valence-corrected chi connectivity index (χ4v) is 1.50. The second-order valence-corrected chi connectivity index (χ2v) is 4.09. The Kier molecular flexibility index (Phi) is 4.12. The van der Waals surface area contributed by atoms with E-state index in [0.717, 1.165) is 11.3 Å². The molecule has 0 aromatic carbocycles. The van der Waals surface area contributed by atoms with Crippen molar-refractivity contribution in [3.8, 4) is 0 Å². The first-order valence-corrected chi connectivity index (χ1v) is 5.37. The van der Waals surface area contributed by atoms with E-state index in [0.29, 0.717) is 5.15 Å². The van der Waals surface area contributed by atoms with Gasteiger partial charge in [0.1, 0.15) is 5.15 Å². The van der Waals surface area contributed by atoms with Crippen LogP contribution >= 0.6 is 11.6 Å². The van der Waals surface area contributed by atoms with E-state index >= 15 is 0 Å². The fourth-order valence-electron chi connectivity index (χ4n) is 1.26. The molecule has 0 atom stereocenters. The van der Waals surface area contributed by atoms with Crippen LogP contribution in [0.2, 0.25) is 5.15 Å². The SMILES string of the molecule is Cc1nn(C)c(Cl)c1C=CC(=O)OC(C)C. The van der Waals surface area contributed by atoms with Crippen molar-refractivity contribution in [1.29, 1.82) is 0 Å². The molecule has 0 N–H and O–H groups in total. The Morgan fingerprint density at radius 3 is 2.62 bits per heavy atom. The molecule has 0 radical (unpaired) electrons. The number of hydrogen-bond acceptors (Lipinski definition) is 3. The van der Waals surface area contributed by atoms with Crippen LogP contribution in [0.25, 0.3) is 6.08 Å². The van der Waals surface area contributed by atoms with Crippen molar-refractivity contribution in [2.24, 2.45) is 7.05 Å². The van der Waals surface area contributed by atoms with Gasteiger partial charge in [-0.3, -0.25) is 4.68 Å². The summed E-state index contributed by atoms with van der Waals surface area (Å²) >= 11 is 6.00. The first-order chi connectivity index (χ1) is 7.41. The number of esters is 1. The van der Waals surface area contributed by atoms with Gasteiger partial charge in [0.2, 0.25) is 0 Å². The highest BCUT2D eigenvalue weighted by Gasteiger charge is 2.08. The van der Waals surface area contributed by atoms with Crippen LogP contribution in [0.15, 0.2) is 6.08 Å². The van der Waals surface area contributed by atoms with Gasteiger partial charge >= 0.3 is 5.97 Å². The first kappa shape index (κ1) is 12.8. The molecule has 0 bridgehead atoms. The van der Waals surface area contributed by atoms with Gasteiger partial charge in [0.05, 0.1) is 11.8 Å². The average Bonchev–Trinajstić information content (AvgIpc) is 2.38. The second kappa shape index (κ2) is 5.16. The van der Waals surface area contributed by atoms with E-state index in [4.69, 9.17) is 16.3 Å². The van der Waals surface area contributed by atoms with Gasteiger partial charge in [-0.05, 0) is 26.8 Å². The molecule has 0 fully saturated rings. The predicted octanol–water partition coefficient (Wildman–Crippen LogP) is 2.35. The summed E-state index contributed by atoms with van der Waals surface area (Å²) in [6.07, 6.45) is 2.85. The minimum atomic E-state index is -0.380. The summed E-state index contributed by atoms with van der Waals surface area (Å²) in [6.45, 7) is 5.43. The summed E-state index contributed by atoms with van der Waals surface area (Å²) in [5, 5.41) is 4.64. The highest BCUT2D eigenvalue weighted by molar-refractivity contribution is 6.31. The third kappa shape index (κ3) is 3.10. The number of nitrogens with zero attached hydrogens (tertiary/aromatic N) is 2. The van der Waals surface area contributed by atoms with E-state index in [1.165, 1.54) is 6.08 Å². The molecule has 0 spiro atoms. The van der Waals surface area contributed by atoms with E-state index in [1.807, 2.05) is 6.92 Å². The number of carbonyl (C=O) groups is 1. The highest BCUT2D eigenvalue weighted by Crippen LogP contribution is 2.19. The topological polar surface area (TPSA) is 44.1 Å². The van der Waals surface area contributed by atoms with E-state index in [9.17, 15) is 4.79 Å². The van der Waals surface area contributed by atoms with Crippen molar-refractivity contribution in [3.63, 3.8) is 0 Å². The molecule has 0 aliphatic rings. The zero-order valence-corrected chi connectivity index (χ0v) is 10.6. The Bertz CT molecular complexity index is 422. The van der Waals surface area contributed by atoms with Crippen LogP contribution < -0.4 is 0 Å². The highest BCUT2D eigenvalue weighted by atomic mass is 35.5. The summed E-state index contributed by atoms with van der Waals surface area (Å²) < 4.78 is 6.52. The van der Waals surface area contributed by atoms with Gasteiger partial charge in [-0.1, -0.05) is 11.6 Å². The van der Waals surface area contributed by atoms with Crippen molar-refractivity contribution < 1.29 is 9.53 Å². The minimum Gasteiger partial charge on any atom is -0.460 e. The van der Waals surface area contributed by atoms with E-state index < -0.39 is 0 Å². The van der Waals surface area contributed by atoms with E-state index in [1.54, 1.807) is 31.7 Å². The van der Waals surface area contributed by atoms with Gasteiger partial charge < -0.3 is 4.74 Å². The Balaban J connectivity index is 2.80. The molecule has 1 heterocycles. The van der Waals surface area contributed by atoms with Crippen LogP contribution in [0.4, 0.5) is 0 Å². The lowest BCUT2D eigenvalue weighted by Crippen LogP contribution is -2.08. The molecule has 1 aromatic rings. The molecular formula is C11H15ClN2O2. The van der Waals surface area contributed by atoms with Gasteiger partial charge in [0, 0.05) is 18.7 Å². The molecule has 0 aliphatic heterocycles. The van der Waals surface area contributed by atoms with Gasteiger partial charge in [0.25, 0.3) is 0 Å². The van der Waals surface area contributed by atoms with Crippen molar-refractivity contribution in [2.45, 2.75) is 26.9 Å². The Hall–Kier alpha value is -1.29. The van der Waals surface area contributed by atoms with Gasteiger partial charge in [0.15, 0.2) is 0 Å². The van der Waals surface area contributed by atoms with E-state index in [2.05, 4.69) is 5.10 Å². The summed E-state index contributed by atoms with van der Waals surface area (Å²) in [4.78, 5) is 11.3. The van der Waals surface area contributed by atoms with Gasteiger partial charge in [-0.2, -0.15) is 5.10 Å². The molecule has 1 aromatic heterocycles. The number of ether oxygens (including phenoxy) is 1. The number of aryl methyl sites for hydroxylation is 2. The van der Waals surface area contributed by atoms with Crippen LogP contribution in [-0.2, 0) is 16.6 Å². The normalized spacial score (nSPS) is 11.4. The van der Waals surface area contributed by atoms with Crippen LogP contribution in [0.1, 0.15) is 25.1 Å². The van der Waals surface area contributed by atoms with Crippen LogP contribution in [-0.4, -0.2) is 21.9 Å². The molecule has 0 unspecified atom stereocenters. The summed E-state index contributed by atoms with van der Waals surface area (Å²) in [5.74, 6) is -0.380. The smallest absolute Gasteiger partial charge is 0.331 e. The Morgan fingerprint density at radius 1 is 1.56 bits per heavy atom. The minimum absolute atomic E-state index is 0.123. The number of halogens is 1. The van der Waals surface area contributed by atoms with Gasteiger partial charge in [-0.15, -0.1) is 0 Å². The Labute approximate surface area is 99.8 Å². The third-order valence-corrected chi connectivity index (χ3v) is 2.38. The molecule has 0 amide bonds. The average molecular weight is 243 g/mol. The maximum Gasteiger partial charge on any atom is 0.331 e. The molecule has 0 aliphatic carbocycles. The van der Waals surface area contributed by atoms with Crippen molar-refractivity contribution in [1.82, 2.24) is 9.78 Å². The van der Waals surface area contributed by atoms with Crippen molar-refractivity contribution >= 4 is 23.6 Å². The van der Waals surface area contributed by atoms with Crippen LogP contribution in [0.3, 0.4) is 0 Å². The lowest BCUT2D eigenvalue weighted by atomic mass is 10.2. The summed E-state index contributed by atoms with van der Waals surface area (Å²) in [6, 6.07) is 0. The summed E-state index contributed by atoms with van der Waals surface area (Å²) in [7, 11) is 1.75. The number of carbonyl (C=O) groups excluding carboxylic acids is 1. The van der Waals surface area contributed by atoms with E-state index in [-0.39, 0.29) is 12.1 Å². The predicted molar refractivity (Wildman–Crippen MR) is 63.2 cm³/mol. The standard InChI is InChI=1S/C11H15ClN2O2/c1-7(2)16-10(15)6-5-9-8(3)13-14(4)11(9)12/h5-7H,1-4H3. The molecule has 0 saturated heterocycles. The monoisotopic (exact) mass is 242 g/mol. The lowest BCUT2D eigenvalue weighted by Gasteiger charge is -2.03. The Morgan fingerprint density at radius 2 is 2.19 bits per heavy atom. The molecule has 4 nitrogen and oxygen atoms in total. The second-order valence-electron chi connectivity index (χ2n) is 3.73. The van der Waals surface area contributed by atoms with Crippen molar-refractivity contribution in [3.05, 3.63) is 22.5 Å². The number of rotatable bonds is 3. The largest absolute Gasteiger partial charge is 0.460 e. The van der Waals surface area contributed by atoms with Crippen molar-refractivity contribution in [2.75, 3.05) is 0 Å². The maximum absolute atomic E-state index is 11.3. The number of hydrogen-bond donors (Lipinski definition) is 0. The maximum atomic E-state index is 11.3. The molecule has 88 valence electrons. The first-order valence-electron chi connectivity index (χ1n) is 4.99. The quantitative estimate of drug-likeness (QED) is 0.604. The fraction of sp³-hybridized carbons (Fsp3) is 0.455. The van der Waals surface area contributed by atoms with Crippen LogP contribution in [0.5, 0.6) is 0 Å².